The van der Waals surface area contributed by atoms with Gasteiger partial charge in [0, 0.05) is 42.9 Å². The van der Waals surface area contributed by atoms with Crippen LogP contribution in [0.4, 0.5) is 0 Å². The van der Waals surface area contributed by atoms with E-state index < -0.39 is 10.0 Å². The van der Waals surface area contributed by atoms with Gasteiger partial charge in [0.05, 0.1) is 24.2 Å². The second kappa shape index (κ2) is 10.1. The van der Waals surface area contributed by atoms with Crippen molar-refractivity contribution in [2.24, 2.45) is 5.41 Å². The standard InChI is InChI=1S/C27H36N2O6S/c1-18(2)35-25(31)17-29-19(3)21(26-22(29)15-27(4,5)16-23(26)30)14-20-8-6-7-9-24(20)36(32,33)28-10-12-34-13-11-28/h6-9,18H,10-17H2,1-5H3. The molecular weight excluding hydrogens is 480 g/mol. The molecule has 1 aliphatic heterocycles. The van der Waals surface area contributed by atoms with E-state index in [1.807, 2.05) is 17.6 Å². The second-order valence-corrected chi connectivity index (χ2v) is 12.7. The molecular formula is C27H36N2O6S. The van der Waals surface area contributed by atoms with E-state index in [-0.39, 0.29) is 41.1 Å². The van der Waals surface area contributed by atoms with Crippen LogP contribution in [0.15, 0.2) is 29.2 Å². The van der Waals surface area contributed by atoms with Crippen molar-refractivity contribution >= 4 is 21.8 Å². The number of hydrogen-bond acceptors (Lipinski definition) is 6. The van der Waals surface area contributed by atoms with E-state index in [0.29, 0.717) is 50.3 Å². The maximum atomic E-state index is 13.5. The average Bonchev–Trinajstić information content (AvgIpc) is 3.04. The number of nitrogens with zero attached hydrogens (tertiary/aromatic N) is 2. The predicted octanol–water partition coefficient (Wildman–Crippen LogP) is 3.51. The smallest absolute Gasteiger partial charge is 0.326 e. The van der Waals surface area contributed by atoms with Gasteiger partial charge in [0.2, 0.25) is 10.0 Å². The summed E-state index contributed by atoms with van der Waals surface area (Å²) in [6, 6.07) is 6.97. The number of sulfonamides is 1. The number of carbonyl (C=O) groups excluding carboxylic acids is 2. The zero-order valence-corrected chi connectivity index (χ0v) is 22.6. The van der Waals surface area contributed by atoms with Gasteiger partial charge >= 0.3 is 5.97 Å². The molecule has 8 nitrogen and oxygen atoms in total. The van der Waals surface area contributed by atoms with Gasteiger partial charge < -0.3 is 14.0 Å². The summed E-state index contributed by atoms with van der Waals surface area (Å²) in [6.45, 7) is 11.0. The number of carbonyl (C=O) groups is 2. The van der Waals surface area contributed by atoms with Crippen LogP contribution >= 0.6 is 0 Å². The van der Waals surface area contributed by atoms with Crippen molar-refractivity contribution in [1.82, 2.24) is 8.87 Å². The molecule has 2 aliphatic rings. The van der Waals surface area contributed by atoms with E-state index in [0.717, 1.165) is 17.0 Å². The van der Waals surface area contributed by atoms with E-state index in [2.05, 4.69) is 13.8 Å². The first-order valence-corrected chi connectivity index (χ1v) is 13.9. The number of fused-ring (bicyclic) bond motifs is 1. The van der Waals surface area contributed by atoms with Gasteiger partial charge in [-0.25, -0.2) is 8.42 Å². The zero-order chi connectivity index (χ0) is 26.3. The first-order chi connectivity index (χ1) is 16.9. The van der Waals surface area contributed by atoms with E-state index in [4.69, 9.17) is 9.47 Å². The maximum absolute atomic E-state index is 13.5. The van der Waals surface area contributed by atoms with Crippen molar-refractivity contribution in [3.63, 3.8) is 0 Å². The lowest BCUT2D eigenvalue weighted by atomic mass is 9.75. The summed E-state index contributed by atoms with van der Waals surface area (Å²) in [5, 5.41) is 0. The van der Waals surface area contributed by atoms with E-state index in [1.165, 1.54) is 4.31 Å². The fourth-order valence-electron chi connectivity index (χ4n) is 5.28. The maximum Gasteiger partial charge on any atom is 0.326 e. The number of rotatable bonds is 7. The molecule has 1 aliphatic carbocycles. The van der Waals surface area contributed by atoms with Gasteiger partial charge in [0.25, 0.3) is 0 Å². The van der Waals surface area contributed by atoms with E-state index >= 15 is 0 Å². The van der Waals surface area contributed by atoms with Gasteiger partial charge in [-0.3, -0.25) is 9.59 Å². The molecule has 0 saturated carbocycles. The minimum Gasteiger partial charge on any atom is -0.462 e. The molecule has 0 radical (unpaired) electrons. The normalized spacial score (nSPS) is 18.3. The lowest BCUT2D eigenvalue weighted by Gasteiger charge is -2.30. The number of esters is 1. The number of morpholine rings is 1. The van der Waals surface area contributed by atoms with Crippen LogP contribution in [-0.4, -0.2) is 61.4 Å². The summed E-state index contributed by atoms with van der Waals surface area (Å²) in [4.78, 5) is 26.3. The van der Waals surface area contributed by atoms with Crippen LogP contribution in [0, 0.1) is 12.3 Å². The van der Waals surface area contributed by atoms with Crippen LogP contribution in [0.25, 0.3) is 0 Å². The minimum absolute atomic E-state index is 0.0173. The molecule has 1 aromatic heterocycles. The van der Waals surface area contributed by atoms with Gasteiger partial charge in [0.15, 0.2) is 5.78 Å². The van der Waals surface area contributed by atoms with Gasteiger partial charge in [-0.05, 0) is 49.8 Å². The van der Waals surface area contributed by atoms with Crippen molar-refractivity contribution in [3.8, 4) is 0 Å². The van der Waals surface area contributed by atoms with Crippen LogP contribution in [0.1, 0.15) is 67.0 Å². The van der Waals surface area contributed by atoms with Crippen LogP contribution in [0.3, 0.4) is 0 Å². The molecule has 1 aromatic carbocycles. The Labute approximate surface area is 213 Å². The highest BCUT2D eigenvalue weighted by Gasteiger charge is 2.38. The third kappa shape index (κ3) is 5.28. The van der Waals surface area contributed by atoms with Crippen molar-refractivity contribution in [2.75, 3.05) is 26.3 Å². The zero-order valence-electron chi connectivity index (χ0n) is 21.8. The van der Waals surface area contributed by atoms with Crippen LogP contribution in [-0.2, 0) is 43.7 Å². The Kier molecular flexibility index (Phi) is 7.46. The summed E-state index contributed by atoms with van der Waals surface area (Å²) >= 11 is 0. The molecule has 36 heavy (non-hydrogen) atoms. The highest BCUT2D eigenvalue weighted by Crippen LogP contribution is 2.40. The van der Waals surface area contributed by atoms with Crippen molar-refractivity contribution < 1.29 is 27.5 Å². The Morgan fingerprint density at radius 2 is 1.81 bits per heavy atom. The summed E-state index contributed by atoms with van der Waals surface area (Å²) in [5.41, 5.74) is 3.44. The largest absolute Gasteiger partial charge is 0.462 e. The third-order valence-corrected chi connectivity index (χ3v) is 8.90. The first kappa shape index (κ1) is 26.6. The van der Waals surface area contributed by atoms with Crippen molar-refractivity contribution in [1.29, 1.82) is 0 Å². The van der Waals surface area contributed by atoms with E-state index in [1.54, 1.807) is 32.0 Å². The molecule has 9 heteroatoms. The van der Waals surface area contributed by atoms with Crippen LogP contribution in [0.5, 0.6) is 0 Å². The highest BCUT2D eigenvalue weighted by molar-refractivity contribution is 7.89. The van der Waals surface area contributed by atoms with Crippen molar-refractivity contribution in [2.45, 2.75) is 71.4 Å². The molecule has 0 unspecified atom stereocenters. The number of benzene rings is 1. The Hall–Kier alpha value is -2.49. The van der Waals surface area contributed by atoms with E-state index in [9.17, 15) is 18.0 Å². The summed E-state index contributed by atoms with van der Waals surface area (Å²) in [5.74, 6) is -0.326. The number of ketones is 1. The Morgan fingerprint density at radius 1 is 1.14 bits per heavy atom. The molecule has 0 amide bonds. The summed E-state index contributed by atoms with van der Waals surface area (Å²) in [7, 11) is -3.72. The Morgan fingerprint density at radius 3 is 2.47 bits per heavy atom. The number of Topliss-reactive ketones (excluding diaryl/α,β-unsaturated/α-hetero) is 1. The molecule has 1 saturated heterocycles. The van der Waals surface area contributed by atoms with Gasteiger partial charge in [-0.15, -0.1) is 0 Å². The van der Waals surface area contributed by atoms with Crippen LogP contribution < -0.4 is 0 Å². The predicted molar refractivity (Wildman–Crippen MR) is 136 cm³/mol. The summed E-state index contributed by atoms with van der Waals surface area (Å²) < 4.78 is 41.1. The molecule has 0 bridgehead atoms. The van der Waals surface area contributed by atoms with Gasteiger partial charge in [-0.1, -0.05) is 32.0 Å². The quantitative estimate of drug-likeness (QED) is 0.523. The summed E-state index contributed by atoms with van der Waals surface area (Å²) in [6.07, 6.45) is 1.10. The third-order valence-electron chi connectivity index (χ3n) is 6.90. The molecule has 196 valence electrons. The number of ether oxygens (including phenoxy) is 2. The molecule has 0 N–H and O–H groups in total. The monoisotopic (exact) mass is 516 g/mol. The molecule has 1 fully saturated rings. The van der Waals surface area contributed by atoms with Crippen LogP contribution in [0.2, 0.25) is 0 Å². The SMILES string of the molecule is Cc1c(Cc2ccccc2S(=O)(=O)N2CCOCC2)c2c(n1CC(=O)OC(C)C)CC(C)(C)CC2=O. The Bertz CT molecular complexity index is 1270. The second-order valence-electron chi connectivity index (χ2n) is 10.8. The molecule has 2 aromatic rings. The molecule has 0 atom stereocenters. The van der Waals surface area contributed by atoms with Crippen molar-refractivity contribution in [3.05, 3.63) is 52.3 Å². The average molecular weight is 517 g/mol. The lowest BCUT2D eigenvalue weighted by molar-refractivity contribution is -0.148. The lowest BCUT2D eigenvalue weighted by Crippen LogP contribution is -2.40. The number of aromatic nitrogens is 1. The minimum atomic E-state index is -3.72. The molecule has 0 spiro atoms. The van der Waals surface area contributed by atoms with Gasteiger partial charge in [0.1, 0.15) is 6.54 Å². The topological polar surface area (TPSA) is 94.9 Å². The highest BCUT2D eigenvalue weighted by atomic mass is 32.2. The Balaban J connectivity index is 1.78. The van der Waals surface area contributed by atoms with Gasteiger partial charge in [-0.2, -0.15) is 4.31 Å². The fourth-order valence-corrected chi connectivity index (χ4v) is 6.91. The molecule has 4 rings (SSSR count). The fraction of sp³-hybridized carbons (Fsp3) is 0.556. The molecule has 2 heterocycles. The number of hydrogen-bond donors (Lipinski definition) is 0. The first-order valence-electron chi connectivity index (χ1n) is 12.5.